The minimum absolute atomic E-state index is 0.00223. The lowest BCUT2D eigenvalue weighted by molar-refractivity contribution is -0.143. The molecule has 0 aromatic heterocycles. The third-order valence-electron chi connectivity index (χ3n) is 5.88. The first-order valence-electron chi connectivity index (χ1n) is 11.6. The predicted molar refractivity (Wildman–Crippen MR) is 127 cm³/mol. The van der Waals surface area contributed by atoms with E-state index in [4.69, 9.17) is 14.6 Å². The van der Waals surface area contributed by atoms with Gasteiger partial charge >= 0.3 is 12.4 Å². The highest BCUT2D eigenvalue weighted by Crippen LogP contribution is 2.37. The fourth-order valence-corrected chi connectivity index (χ4v) is 3.86. The van der Waals surface area contributed by atoms with Gasteiger partial charge in [0, 0.05) is 31.6 Å². The van der Waals surface area contributed by atoms with Crippen LogP contribution in [0.1, 0.15) is 42.0 Å². The molecule has 0 saturated heterocycles. The molecule has 0 radical (unpaired) electrons. The monoisotopic (exact) mass is 544 g/mol. The molecular weight excluding hydrogens is 518 g/mol. The van der Waals surface area contributed by atoms with Gasteiger partial charge in [0.15, 0.2) is 5.54 Å². The third-order valence-corrected chi connectivity index (χ3v) is 5.88. The minimum Gasteiger partial charge on any atom is -0.494 e. The first-order chi connectivity index (χ1) is 17.8. The first kappa shape index (κ1) is 29.0. The van der Waals surface area contributed by atoms with Gasteiger partial charge in [0.25, 0.3) is 5.91 Å². The maximum atomic E-state index is 13.3. The molecule has 0 spiro atoms. The van der Waals surface area contributed by atoms with E-state index in [0.717, 1.165) is 0 Å². The fourth-order valence-electron chi connectivity index (χ4n) is 3.86. The van der Waals surface area contributed by atoms with Gasteiger partial charge in [0.2, 0.25) is 5.90 Å². The average Bonchev–Trinajstić information content (AvgIpc) is 3.19. The van der Waals surface area contributed by atoms with Crippen molar-refractivity contribution in [3.8, 4) is 5.75 Å². The molecule has 2 aromatic rings. The lowest BCUT2D eigenvalue weighted by Crippen LogP contribution is -2.50. The Hall–Kier alpha value is -3.54. The van der Waals surface area contributed by atoms with Crippen molar-refractivity contribution in [2.45, 2.75) is 50.3 Å². The molecule has 0 bridgehead atoms. The molecule has 1 aliphatic heterocycles. The third kappa shape index (κ3) is 6.66. The Morgan fingerprint density at radius 2 is 1.74 bits per heavy atom. The number of nitrogens with zero attached hydrogens (tertiary/aromatic N) is 1. The topological polar surface area (TPSA) is 80.2 Å². The number of benzene rings is 2. The molecule has 1 amide bonds. The number of aliphatic hydroxyl groups excluding tert-OH is 1. The molecule has 2 atom stereocenters. The molecule has 0 fully saturated rings. The Balaban J connectivity index is 1.83. The quantitative estimate of drug-likeness (QED) is 0.242. The predicted octanol–water partition coefficient (Wildman–Crippen LogP) is 5.28. The van der Waals surface area contributed by atoms with Crippen LogP contribution in [0.25, 0.3) is 0 Å². The number of carbonyl (C=O) groups is 1. The van der Waals surface area contributed by atoms with Crippen LogP contribution < -0.4 is 10.1 Å². The molecule has 3 rings (SSSR count). The van der Waals surface area contributed by atoms with Crippen LogP contribution in [-0.4, -0.2) is 41.8 Å². The Morgan fingerprint density at radius 1 is 1.13 bits per heavy atom. The van der Waals surface area contributed by atoms with Crippen LogP contribution in [0, 0.1) is 0 Å². The second-order valence-corrected chi connectivity index (χ2v) is 8.64. The summed E-state index contributed by atoms with van der Waals surface area (Å²) in [5, 5.41) is 11.3. The standard InChI is InChI=1S/C26H26F6N2O4/c1-3-9-24(16(2)38-22(34-24)18-5-7-21(8-6-18)37-11-4-10-35)23(36)33-15-17-12-19(25(27,28)29)14-20(13-17)26(30,31)32/h3,5-8,12-14,16,35H,1,4,9-11,15H2,2H3,(H,33,36)/t16-,24-/m1/s1. The van der Waals surface area contributed by atoms with Gasteiger partial charge in [-0.25, -0.2) is 4.99 Å². The number of aliphatic hydroxyl groups is 1. The van der Waals surface area contributed by atoms with Gasteiger partial charge in [-0.2, -0.15) is 26.3 Å². The summed E-state index contributed by atoms with van der Waals surface area (Å²) in [7, 11) is 0. The number of aliphatic imine (C=N–C) groups is 1. The van der Waals surface area contributed by atoms with E-state index in [1.165, 1.54) is 6.08 Å². The van der Waals surface area contributed by atoms with Gasteiger partial charge in [-0.1, -0.05) is 6.08 Å². The number of hydrogen-bond acceptors (Lipinski definition) is 5. The summed E-state index contributed by atoms with van der Waals surface area (Å²) in [6, 6.07) is 7.76. The van der Waals surface area contributed by atoms with E-state index < -0.39 is 47.6 Å². The van der Waals surface area contributed by atoms with Gasteiger partial charge in [0.05, 0.1) is 17.7 Å². The number of amides is 1. The fraction of sp³-hybridized carbons (Fsp3) is 0.385. The molecule has 6 nitrogen and oxygen atoms in total. The van der Waals surface area contributed by atoms with Crippen molar-refractivity contribution < 1.29 is 45.7 Å². The normalized spacial score (nSPS) is 19.5. The summed E-state index contributed by atoms with van der Waals surface area (Å²) in [4.78, 5) is 17.7. The largest absolute Gasteiger partial charge is 0.494 e. The van der Waals surface area contributed by atoms with Crippen molar-refractivity contribution in [3.63, 3.8) is 0 Å². The minimum atomic E-state index is -5.00. The molecular formula is C26H26F6N2O4. The van der Waals surface area contributed by atoms with Crippen molar-refractivity contribution in [1.29, 1.82) is 0 Å². The zero-order valence-corrected chi connectivity index (χ0v) is 20.3. The van der Waals surface area contributed by atoms with Crippen LogP contribution in [0.5, 0.6) is 5.75 Å². The van der Waals surface area contributed by atoms with Gasteiger partial charge in [-0.15, -0.1) is 6.58 Å². The molecule has 38 heavy (non-hydrogen) atoms. The van der Waals surface area contributed by atoms with E-state index in [1.54, 1.807) is 31.2 Å². The van der Waals surface area contributed by atoms with Crippen molar-refractivity contribution in [2.24, 2.45) is 4.99 Å². The summed E-state index contributed by atoms with van der Waals surface area (Å²) in [5.41, 5.74) is -4.33. The summed E-state index contributed by atoms with van der Waals surface area (Å²) >= 11 is 0. The van der Waals surface area contributed by atoms with E-state index in [9.17, 15) is 31.1 Å². The zero-order valence-electron chi connectivity index (χ0n) is 20.3. The number of halogens is 6. The summed E-state index contributed by atoms with van der Waals surface area (Å²) in [6.45, 7) is 4.94. The van der Waals surface area contributed by atoms with E-state index in [0.29, 0.717) is 36.5 Å². The first-order valence-corrected chi connectivity index (χ1v) is 11.6. The summed E-state index contributed by atoms with van der Waals surface area (Å²) in [5.74, 6) is -0.0621. The Labute approximate surface area is 215 Å². The zero-order chi connectivity index (χ0) is 28.1. The Bertz CT molecular complexity index is 1150. The Kier molecular flexibility index (Phi) is 8.75. The van der Waals surface area contributed by atoms with Crippen molar-refractivity contribution in [3.05, 3.63) is 77.4 Å². The van der Waals surface area contributed by atoms with Crippen molar-refractivity contribution in [1.82, 2.24) is 5.32 Å². The van der Waals surface area contributed by atoms with Gasteiger partial charge < -0.3 is 19.9 Å². The molecule has 2 N–H and O–H groups in total. The summed E-state index contributed by atoms with van der Waals surface area (Å²) in [6.07, 6.45) is -8.93. The highest BCUT2D eigenvalue weighted by atomic mass is 19.4. The van der Waals surface area contributed by atoms with Crippen molar-refractivity contribution >= 4 is 11.8 Å². The van der Waals surface area contributed by atoms with Gasteiger partial charge in [0.1, 0.15) is 11.9 Å². The van der Waals surface area contributed by atoms with Crippen LogP contribution in [0.4, 0.5) is 26.3 Å². The van der Waals surface area contributed by atoms with Crippen LogP contribution >= 0.6 is 0 Å². The van der Waals surface area contributed by atoms with Gasteiger partial charge in [-0.3, -0.25) is 4.79 Å². The molecule has 1 heterocycles. The second kappa shape index (κ2) is 11.5. The molecule has 0 saturated carbocycles. The maximum Gasteiger partial charge on any atom is 0.416 e. The van der Waals surface area contributed by atoms with E-state index >= 15 is 0 Å². The smallest absolute Gasteiger partial charge is 0.416 e. The van der Waals surface area contributed by atoms with E-state index in [2.05, 4.69) is 16.9 Å². The molecule has 1 aliphatic rings. The Morgan fingerprint density at radius 3 is 2.26 bits per heavy atom. The second-order valence-electron chi connectivity index (χ2n) is 8.64. The lowest BCUT2D eigenvalue weighted by Gasteiger charge is -2.27. The van der Waals surface area contributed by atoms with Crippen LogP contribution in [0.2, 0.25) is 0 Å². The number of hydrogen-bond donors (Lipinski definition) is 2. The van der Waals surface area contributed by atoms with Crippen LogP contribution in [0.3, 0.4) is 0 Å². The lowest BCUT2D eigenvalue weighted by atomic mass is 9.89. The van der Waals surface area contributed by atoms with Gasteiger partial charge in [-0.05, 0) is 55.0 Å². The molecule has 0 aliphatic carbocycles. The number of alkyl halides is 6. The number of carbonyl (C=O) groups excluding carboxylic acids is 1. The SMILES string of the molecule is C=CC[C@@]1(C(=O)NCc2cc(C(F)(F)F)cc(C(F)(F)F)c2)N=C(c2ccc(OCCCO)cc2)O[C@@H]1C. The highest BCUT2D eigenvalue weighted by Gasteiger charge is 2.49. The van der Waals surface area contributed by atoms with E-state index in [-0.39, 0.29) is 30.6 Å². The van der Waals surface area contributed by atoms with Crippen LogP contribution in [0.15, 0.2) is 60.1 Å². The van der Waals surface area contributed by atoms with Crippen LogP contribution in [-0.2, 0) is 28.4 Å². The molecule has 206 valence electrons. The maximum absolute atomic E-state index is 13.3. The number of nitrogens with one attached hydrogen (secondary N) is 1. The van der Waals surface area contributed by atoms with E-state index in [1.807, 2.05) is 0 Å². The molecule has 2 aromatic carbocycles. The number of ether oxygens (including phenoxy) is 2. The highest BCUT2D eigenvalue weighted by molar-refractivity contribution is 6.00. The van der Waals surface area contributed by atoms with Crippen molar-refractivity contribution in [2.75, 3.05) is 13.2 Å². The molecule has 12 heteroatoms. The average molecular weight is 544 g/mol. The number of rotatable bonds is 10. The summed E-state index contributed by atoms with van der Waals surface area (Å²) < 4.78 is 90.4. The molecule has 0 unspecified atom stereocenters.